The molecule has 4 heteroatoms. The first-order valence-electron chi connectivity index (χ1n) is 5.59. The summed E-state index contributed by atoms with van der Waals surface area (Å²) < 4.78 is 1.92. The summed E-state index contributed by atoms with van der Waals surface area (Å²) in [6.07, 6.45) is 2.82. The van der Waals surface area contributed by atoms with Crippen molar-refractivity contribution in [3.05, 3.63) is 52.6 Å². The highest BCUT2D eigenvalue weighted by Crippen LogP contribution is 2.27. The first kappa shape index (κ1) is 12.1. The molecule has 1 atom stereocenters. The third-order valence-electron chi connectivity index (χ3n) is 2.94. The van der Waals surface area contributed by atoms with Gasteiger partial charge in [0.1, 0.15) is 11.9 Å². The maximum atomic E-state index is 10.4. The van der Waals surface area contributed by atoms with Crippen LogP contribution in [0.5, 0.6) is 0 Å². The molecule has 1 aromatic carbocycles. The number of benzene rings is 1. The molecule has 0 aliphatic heterocycles. The van der Waals surface area contributed by atoms with E-state index in [4.69, 9.17) is 11.6 Å². The Bertz CT molecular complexity index is 522. The summed E-state index contributed by atoms with van der Waals surface area (Å²) in [7, 11) is 0. The quantitative estimate of drug-likeness (QED) is 0.910. The zero-order valence-electron chi connectivity index (χ0n) is 9.89. The Hall–Kier alpha value is -1.32. The predicted octanol–water partition coefficient (Wildman–Crippen LogP) is 2.95. The van der Waals surface area contributed by atoms with Gasteiger partial charge in [-0.1, -0.05) is 23.7 Å². The SMILES string of the molecule is CCn1ccnc1C(O)c1cccc(Cl)c1C. The molecular weight excluding hydrogens is 236 g/mol. The Balaban J connectivity index is 2.44. The van der Waals surface area contributed by atoms with Crippen LogP contribution in [0.3, 0.4) is 0 Å². The topological polar surface area (TPSA) is 38.0 Å². The maximum absolute atomic E-state index is 10.4. The number of rotatable bonds is 3. The van der Waals surface area contributed by atoms with E-state index >= 15 is 0 Å². The van der Waals surface area contributed by atoms with Crippen LogP contribution in [0.25, 0.3) is 0 Å². The highest BCUT2D eigenvalue weighted by atomic mass is 35.5. The molecule has 1 unspecified atom stereocenters. The van der Waals surface area contributed by atoms with E-state index in [2.05, 4.69) is 4.98 Å². The number of hydrogen-bond acceptors (Lipinski definition) is 2. The van der Waals surface area contributed by atoms with Crippen molar-refractivity contribution in [2.45, 2.75) is 26.5 Å². The van der Waals surface area contributed by atoms with Gasteiger partial charge in [0, 0.05) is 24.0 Å². The number of imidazole rings is 1. The summed E-state index contributed by atoms with van der Waals surface area (Å²) in [4.78, 5) is 4.20. The van der Waals surface area contributed by atoms with Crippen molar-refractivity contribution >= 4 is 11.6 Å². The third-order valence-corrected chi connectivity index (χ3v) is 3.35. The second kappa shape index (κ2) is 4.90. The number of aromatic nitrogens is 2. The van der Waals surface area contributed by atoms with Crippen LogP contribution < -0.4 is 0 Å². The lowest BCUT2D eigenvalue weighted by atomic mass is 10.0. The van der Waals surface area contributed by atoms with E-state index in [9.17, 15) is 5.11 Å². The van der Waals surface area contributed by atoms with Crippen LogP contribution in [-0.4, -0.2) is 14.7 Å². The summed E-state index contributed by atoms with van der Waals surface area (Å²) in [5, 5.41) is 11.0. The van der Waals surface area contributed by atoms with E-state index in [-0.39, 0.29) is 0 Å². The molecule has 0 saturated carbocycles. The fourth-order valence-electron chi connectivity index (χ4n) is 1.90. The molecule has 1 N–H and O–H groups in total. The zero-order valence-corrected chi connectivity index (χ0v) is 10.6. The monoisotopic (exact) mass is 250 g/mol. The van der Waals surface area contributed by atoms with Crippen molar-refractivity contribution < 1.29 is 5.11 Å². The van der Waals surface area contributed by atoms with Crippen LogP contribution in [0.2, 0.25) is 5.02 Å². The van der Waals surface area contributed by atoms with Crippen LogP contribution in [0.15, 0.2) is 30.6 Å². The molecule has 90 valence electrons. The van der Waals surface area contributed by atoms with Gasteiger partial charge < -0.3 is 9.67 Å². The number of aliphatic hydroxyl groups is 1. The molecule has 3 nitrogen and oxygen atoms in total. The molecule has 0 amide bonds. The minimum Gasteiger partial charge on any atom is -0.380 e. The van der Waals surface area contributed by atoms with Gasteiger partial charge in [-0.2, -0.15) is 0 Å². The largest absolute Gasteiger partial charge is 0.380 e. The van der Waals surface area contributed by atoms with Gasteiger partial charge in [0.15, 0.2) is 0 Å². The summed E-state index contributed by atoms with van der Waals surface area (Å²) >= 11 is 6.05. The first-order valence-corrected chi connectivity index (χ1v) is 5.97. The minimum atomic E-state index is -0.733. The van der Waals surface area contributed by atoms with Gasteiger partial charge in [-0.25, -0.2) is 4.98 Å². The fraction of sp³-hybridized carbons (Fsp3) is 0.308. The lowest BCUT2D eigenvalue weighted by Gasteiger charge is -2.15. The van der Waals surface area contributed by atoms with Gasteiger partial charge in [-0.05, 0) is 31.0 Å². The Morgan fingerprint density at radius 2 is 2.24 bits per heavy atom. The van der Waals surface area contributed by atoms with Gasteiger partial charge in [0.05, 0.1) is 0 Å². The van der Waals surface area contributed by atoms with Gasteiger partial charge in [0.25, 0.3) is 0 Å². The Kier molecular flexibility index (Phi) is 3.50. The van der Waals surface area contributed by atoms with E-state index in [1.807, 2.05) is 42.8 Å². The highest BCUT2D eigenvalue weighted by Gasteiger charge is 2.18. The van der Waals surface area contributed by atoms with Crippen molar-refractivity contribution in [1.82, 2.24) is 9.55 Å². The molecule has 17 heavy (non-hydrogen) atoms. The lowest BCUT2D eigenvalue weighted by molar-refractivity contribution is 0.204. The second-order valence-corrected chi connectivity index (χ2v) is 4.34. The number of aryl methyl sites for hydroxylation is 1. The van der Waals surface area contributed by atoms with E-state index in [1.54, 1.807) is 6.20 Å². The number of halogens is 1. The number of nitrogens with zero attached hydrogens (tertiary/aromatic N) is 2. The third kappa shape index (κ3) is 2.21. The first-order chi connectivity index (χ1) is 8.15. The van der Waals surface area contributed by atoms with Crippen molar-refractivity contribution in [2.75, 3.05) is 0 Å². The molecule has 0 bridgehead atoms. The molecule has 2 aromatic rings. The van der Waals surface area contributed by atoms with Gasteiger partial charge in [-0.15, -0.1) is 0 Å². The number of hydrogen-bond donors (Lipinski definition) is 1. The molecule has 2 rings (SSSR count). The Morgan fingerprint density at radius 3 is 2.94 bits per heavy atom. The average Bonchev–Trinajstić information content (AvgIpc) is 2.80. The summed E-state index contributed by atoms with van der Waals surface area (Å²) in [5.41, 5.74) is 1.70. The zero-order chi connectivity index (χ0) is 12.4. The average molecular weight is 251 g/mol. The van der Waals surface area contributed by atoms with Crippen LogP contribution in [0.1, 0.15) is 30.0 Å². The Morgan fingerprint density at radius 1 is 1.47 bits per heavy atom. The van der Waals surface area contributed by atoms with Crippen molar-refractivity contribution in [3.8, 4) is 0 Å². The molecule has 0 saturated heterocycles. The van der Waals surface area contributed by atoms with Crippen LogP contribution in [0.4, 0.5) is 0 Å². The molecule has 1 aromatic heterocycles. The minimum absolute atomic E-state index is 0.651. The standard InChI is InChI=1S/C13H15ClN2O/c1-3-16-8-7-15-13(16)12(17)10-5-4-6-11(14)9(10)2/h4-8,12,17H,3H2,1-2H3. The smallest absolute Gasteiger partial charge is 0.142 e. The van der Waals surface area contributed by atoms with E-state index in [0.717, 1.165) is 17.7 Å². The van der Waals surface area contributed by atoms with E-state index < -0.39 is 6.10 Å². The van der Waals surface area contributed by atoms with Crippen molar-refractivity contribution in [2.24, 2.45) is 0 Å². The molecule has 0 aliphatic carbocycles. The molecule has 0 spiro atoms. The molecule has 0 aliphatic rings. The summed E-state index contributed by atoms with van der Waals surface area (Å²) in [6, 6.07) is 5.53. The lowest BCUT2D eigenvalue weighted by Crippen LogP contribution is -2.10. The maximum Gasteiger partial charge on any atom is 0.142 e. The van der Waals surface area contributed by atoms with Gasteiger partial charge in [-0.3, -0.25) is 0 Å². The second-order valence-electron chi connectivity index (χ2n) is 3.93. The van der Waals surface area contributed by atoms with E-state index in [1.165, 1.54) is 0 Å². The number of aliphatic hydroxyl groups excluding tert-OH is 1. The Labute approximate surface area is 106 Å². The van der Waals surface area contributed by atoms with Crippen molar-refractivity contribution in [3.63, 3.8) is 0 Å². The normalized spacial score (nSPS) is 12.7. The van der Waals surface area contributed by atoms with Crippen LogP contribution >= 0.6 is 11.6 Å². The molecule has 0 fully saturated rings. The highest BCUT2D eigenvalue weighted by molar-refractivity contribution is 6.31. The summed E-state index contributed by atoms with van der Waals surface area (Å²) in [6.45, 7) is 4.70. The fourth-order valence-corrected chi connectivity index (χ4v) is 2.08. The van der Waals surface area contributed by atoms with E-state index in [0.29, 0.717) is 10.8 Å². The molecule has 0 radical (unpaired) electrons. The predicted molar refractivity (Wildman–Crippen MR) is 68.2 cm³/mol. The van der Waals surface area contributed by atoms with Crippen LogP contribution in [0, 0.1) is 6.92 Å². The van der Waals surface area contributed by atoms with Gasteiger partial charge in [0.2, 0.25) is 0 Å². The molecular formula is C13H15ClN2O. The van der Waals surface area contributed by atoms with Gasteiger partial charge >= 0.3 is 0 Å². The molecule has 1 heterocycles. The summed E-state index contributed by atoms with van der Waals surface area (Å²) in [5.74, 6) is 0.651. The van der Waals surface area contributed by atoms with Crippen molar-refractivity contribution in [1.29, 1.82) is 0 Å². The van der Waals surface area contributed by atoms with Crippen LogP contribution in [-0.2, 0) is 6.54 Å².